The van der Waals surface area contributed by atoms with E-state index in [0.717, 1.165) is 39.4 Å². The summed E-state index contributed by atoms with van der Waals surface area (Å²) < 4.78 is 1.23. The zero-order valence-corrected chi connectivity index (χ0v) is 33.6. The Labute approximate surface area is 353 Å². The van der Waals surface area contributed by atoms with Crippen molar-refractivity contribution in [3.63, 3.8) is 0 Å². The van der Waals surface area contributed by atoms with E-state index in [9.17, 15) is 0 Å². The van der Waals surface area contributed by atoms with Gasteiger partial charge in [0.25, 0.3) is 0 Å². The van der Waals surface area contributed by atoms with E-state index in [0.29, 0.717) is 11.4 Å². The lowest BCUT2D eigenvalue weighted by Crippen LogP contribution is -2.57. The van der Waals surface area contributed by atoms with Gasteiger partial charge < -0.3 is 19.2 Å². The molecule has 0 saturated carbocycles. The second-order valence-electron chi connectivity index (χ2n) is 15.7. The molecule has 0 radical (unpaired) electrons. The van der Waals surface area contributed by atoms with E-state index in [2.05, 4.69) is 174 Å². The van der Waals surface area contributed by atoms with E-state index < -0.39 is 0 Å². The standard InChI is InChI=1S/C49H34B2N8S/c1-49(2)43-11-7-5-9-41(43)45-47(49)58(38-23-19-36(53-4)20-24-38)50(56(45)37-21-17-35(52-3)18-22-37)33-13-15-34(16-14-33)51-57(39-25-29-54-30-26-39)46-42-10-6-8-12-44(42)60-48(46)59(51)40-27-31-55-32-28-40/h5-32H,1-2H3. The fraction of sp³-hybridized carbons (Fsp3) is 0.0612. The number of hydrogen-bond donors (Lipinski definition) is 0. The molecule has 5 heterocycles. The Hall–Kier alpha value is -7.59. The maximum atomic E-state index is 7.71. The lowest BCUT2D eigenvalue weighted by Gasteiger charge is -2.38. The van der Waals surface area contributed by atoms with Crippen molar-refractivity contribution in [2.24, 2.45) is 0 Å². The first-order valence-electron chi connectivity index (χ1n) is 19.8. The minimum absolute atomic E-state index is 0.207. The van der Waals surface area contributed by atoms with Crippen LogP contribution in [0.5, 0.6) is 0 Å². The SMILES string of the molecule is [C-]#[N+]c1ccc(N2B(c3ccc(B4N(c5ccncc5)c5sc6ccccc6c5N4c4ccncc4)cc3)N(c3ccc([N+]#[C-])cc3)C3=C2c2ccccc2C3(C)C)cc1. The molecule has 8 nitrogen and oxygen atoms in total. The second kappa shape index (κ2) is 13.8. The van der Waals surface area contributed by atoms with Gasteiger partial charge in [-0.1, -0.05) is 129 Å². The highest BCUT2D eigenvalue weighted by molar-refractivity contribution is 7.25. The van der Waals surface area contributed by atoms with Crippen LogP contribution in [-0.4, -0.2) is 23.9 Å². The first kappa shape index (κ1) is 35.6. The van der Waals surface area contributed by atoms with E-state index >= 15 is 0 Å². The number of thiophene rings is 1. The molecule has 3 aromatic heterocycles. The lowest BCUT2D eigenvalue weighted by atomic mass is 9.60. The van der Waals surface area contributed by atoms with Crippen LogP contribution in [0.3, 0.4) is 0 Å². The summed E-state index contributed by atoms with van der Waals surface area (Å²) in [5, 5.41) is 2.38. The second-order valence-corrected chi connectivity index (χ2v) is 16.7. The Bertz CT molecular complexity index is 3070. The average Bonchev–Trinajstić information content (AvgIpc) is 4.02. The molecule has 0 N–H and O–H groups in total. The van der Waals surface area contributed by atoms with Gasteiger partial charge in [-0.3, -0.25) is 9.97 Å². The van der Waals surface area contributed by atoms with Crippen LogP contribution < -0.4 is 30.2 Å². The topological polar surface area (TPSA) is 47.5 Å². The molecule has 1 aliphatic carbocycles. The van der Waals surface area contributed by atoms with Gasteiger partial charge in [-0.25, -0.2) is 9.69 Å². The van der Waals surface area contributed by atoms with Crippen LogP contribution in [-0.2, 0) is 5.41 Å². The van der Waals surface area contributed by atoms with Crippen LogP contribution in [0.15, 0.2) is 176 Å². The van der Waals surface area contributed by atoms with Gasteiger partial charge in [-0.05, 0) is 46.8 Å². The summed E-state index contributed by atoms with van der Waals surface area (Å²) in [6.45, 7) is 19.5. The molecule has 11 rings (SSSR count). The molecule has 5 aromatic carbocycles. The van der Waals surface area contributed by atoms with Crippen molar-refractivity contribution < 1.29 is 0 Å². The molecule has 282 valence electrons. The number of aromatic nitrogens is 2. The maximum absolute atomic E-state index is 7.71. The highest BCUT2D eigenvalue weighted by Crippen LogP contribution is 2.56. The normalized spacial score (nSPS) is 15.0. The van der Waals surface area contributed by atoms with E-state index in [1.807, 2.05) is 49.1 Å². The van der Waals surface area contributed by atoms with Crippen LogP contribution >= 0.6 is 11.3 Å². The predicted molar refractivity (Wildman–Crippen MR) is 249 cm³/mol. The van der Waals surface area contributed by atoms with Gasteiger partial charge in [-0.15, -0.1) is 11.3 Å². The molecule has 0 spiro atoms. The van der Waals surface area contributed by atoms with Crippen LogP contribution in [0, 0.1) is 13.1 Å². The smallest absolute Gasteiger partial charge is 0.363 e. The van der Waals surface area contributed by atoms with E-state index in [1.54, 1.807) is 11.3 Å². The third-order valence-electron chi connectivity index (χ3n) is 12.1. The van der Waals surface area contributed by atoms with Gasteiger partial charge in [0, 0.05) is 74.3 Å². The number of allylic oxidation sites excluding steroid dienone is 1. The summed E-state index contributed by atoms with van der Waals surface area (Å²) in [6, 6.07) is 50.8. The Kier molecular flexibility index (Phi) is 8.16. The van der Waals surface area contributed by atoms with Gasteiger partial charge in [0.2, 0.25) is 0 Å². The van der Waals surface area contributed by atoms with Crippen molar-refractivity contribution in [3.05, 3.63) is 210 Å². The number of fused-ring (bicyclic) bond motifs is 5. The van der Waals surface area contributed by atoms with Crippen molar-refractivity contribution in [3.8, 4) is 0 Å². The lowest BCUT2D eigenvalue weighted by molar-refractivity contribution is 0.632. The van der Waals surface area contributed by atoms with Crippen molar-refractivity contribution in [2.45, 2.75) is 19.3 Å². The first-order chi connectivity index (χ1) is 29.5. The molecular weight excluding hydrogens is 754 g/mol. The molecule has 60 heavy (non-hydrogen) atoms. The van der Waals surface area contributed by atoms with Crippen LogP contribution in [0.1, 0.15) is 25.0 Å². The molecule has 8 aromatic rings. The number of anilines is 6. The zero-order chi connectivity index (χ0) is 40.5. The molecule has 0 bridgehead atoms. The minimum Gasteiger partial charge on any atom is -0.363 e. The van der Waals surface area contributed by atoms with Crippen molar-refractivity contribution in [1.82, 2.24) is 9.97 Å². The summed E-state index contributed by atoms with van der Waals surface area (Å²) in [5.74, 6) is 0. The molecule has 3 aliphatic rings. The Morgan fingerprint density at radius 3 is 1.63 bits per heavy atom. The fourth-order valence-electron chi connectivity index (χ4n) is 9.46. The quantitative estimate of drug-likeness (QED) is 0.124. The fourth-order valence-corrected chi connectivity index (χ4v) is 10.7. The molecular formula is C49H34B2N8S. The van der Waals surface area contributed by atoms with Gasteiger partial charge >= 0.3 is 14.0 Å². The summed E-state index contributed by atoms with van der Waals surface area (Å²) in [5.41, 5.74) is 13.2. The molecule has 0 amide bonds. The van der Waals surface area contributed by atoms with Gasteiger partial charge in [0.1, 0.15) is 5.00 Å². The summed E-state index contributed by atoms with van der Waals surface area (Å²) >= 11 is 1.81. The molecule has 2 aliphatic heterocycles. The highest BCUT2D eigenvalue weighted by Gasteiger charge is 2.54. The van der Waals surface area contributed by atoms with E-state index in [-0.39, 0.29) is 19.4 Å². The van der Waals surface area contributed by atoms with Gasteiger partial charge in [0.05, 0.1) is 24.5 Å². The molecule has 0 atom stereocenters. The molecule has 11 heteroatoms. The molecule has 0 saturated heterocycles. The number of hydrogen-bond acceptors (Lipinski definition) is 7. The van der Waals surface area contributed by atoms with E-state index in [1.165, 1.54) is 37.6 Å². The van der Waals surface area contributed by atoms with Crippen molar-refractivity contribution >= 4 is 96.8 Å². The number of pyridine rings is 2. The van der Waals surface area contributed by atoms with Crippen LogP contribution in [0.25, 0.3) is 25.5 Å². The van der Waals surface area contributed by atoms with Gasteiger partial charge in [0.15, 0.2) is 11.4 Å². The monoisotopic (exact) mass is 788 g/mol. The maximum Gasteiger partial charge on any atom is 0.421 e. The Morgan fingerprint density at radius 2 is 1.03 bits per heavy atom. The summed E-state index contributed by atoms with van der Waals surface area (Å²) in [7, 11) is 0. The predicted octanol–water partition coefficient (Wildman–Crippen LogP) is 10.9. The molecule has 0 fully saturated rings. The highest BCUT2D eigenvalue weighted by atomic mass is 32.1. The van der Waals surface area contributed by atoms with E-state index in [4.69, 9.17) is 13.1 Å². The third-order valence-corrected chi connectivity index (χ3v) is 13.2. The van der Waals surface area contributed by atoms with Crippen molar-refractivity contribution in [1.29, 1.82) is 0 Å². The number of nitrogens with zero attached hydrogens (tertiary/aromatic N) is 8. The van der Waals surface area contributed by atoms with Crippen LogP contribution in [0.4, 0.5) is 44.8 Å². The number of rotatable bonds is 6. The summed E-state index contributed by atoms with van der Waals surface area (Å²) in [4.78, 5) is 26.0. The van der Waals surface area contributed by atoms with Crippen LogP contribution in [0.2, 0.25) is 0 Å². The molecule has 0 unspecified atom stereocenters. The number of benzene rings is 5. The Morgan fingerprint density at radius 1 is 0.533 bits per heavy atom. The third kappa shape index (κ3) is 5.30. The van der Waals surface area contributed by atoms with Crippen molar-refractivity contribution in [2.75, 3.05) is 19.2 Å². The largest absolute Gasteiger partial charge is 0.421 e. The minimum atomic E-state index is -0.339. The Balaban J connectivity index is 1.11. The first-order valence-corrected chi connectivity index (χ1v) is 20.7. The summed E-state index contributed by atoms with van der Waals surface area (Å²) in [6.07, 6.45) is 7.45. The van der Waals surface area contributed by atoms with Gasteiger partial charge in [-0.2, -0.15) is 0 Å². The zero-order valence-electron chi connectivity index (χ0n) is 32.8. The average molecular weight is 789 g/mol.